The Balaban J connectivity index is 1.85. The van der Waals surface area contributed by atoms with E-state index in [1.54, 1.807) is 0 Å². The molecule has 0 spiro atoms. The van der Waals surface area contributed by atoms with Crippen molar-refractivity contribution in [2.75, 3.05) is 6.54 Å². The summed E-state index contributed by atoms with van der Waals surface area (Å²) >= 11 is 0. The van der Waals surface area contributed by atoms with Crippen LogP contribution in [0.25, 0.3) is 0 Å². The van der Waals surface area contributed by atoms with Crippen molar-refractivity contribution in [1.29, 1.82) is 0 Å². The maximum atomic E-state index is 13.0. The summed E-state index contributed by atoms with van der Waals surface area (Å²) < 4.78 is 25.8. The fraction of sp³-hybridized carbons (Fsp3) is 0.188. The normalized spacial score (nSPS) is 12.0. The van der Waals surface area contributed by atoms with Gasteiger partial charge in [-0.1, -0.05) is 30.3 Å². The van der Waals surface area contributed by atoms with Crippen molar-refractivity contribution < 1.29 is 13.6 Å². The molecule has 0 aliphatic rings. The first-order valence-electron chi connectivity index (χ1n) is 6.61. The van der Waals surface area contributed by atoms with Crippen molar-refractivity contribution in [3.05, 3.63) is 71.3 Å². The third-order valence-corrected chi connectivity index (χ3v) is 3.15. The second-order valence-corrected chi connectivity index (χ2v) is 4.69. The zero-order chi connectivity index (χ0) is 15.2. The fourth-order valence-electron chi connectivity index (χ4n) is 1.95. The van der Waals surface area contributed by atoms with E-state index < -0.39 is 17.5 Å². The Bertz CT molecular complexity index is 617. The summed E-state index contributed by atoms with van der Waals surface area (Å²) in [6.45, 7) is 0.355. The van der Waals surface area contributed by atoms with Gasteiger partial charge in [0.05, 0.1) is 0 Å². The molecule has 0 heterocycles. The number of carbonyl (C=O) groups excluding carboxylic acids is 1. The Kier molecular flexibility index (Phi) is 5.00. The second-order valence-electron chi connectivity index (χ2n) is 4.69. The van der Waals surface area contributed by atoms with Crippen LogP contribution in [-0.2, 0) is 0 Å². The zero-order valence-corrected chi connectivity index (χ0v) is 11.4. The molecule has 2 rings (SSSR count). The van der Waals surface area contributed by atoms with Gasteiger partial charge in [-0.2, -0.15) is 0 Å². The number of hydrogen-bond donors (Lipinski definition) is 2. The number of amides is 1. The predicted octanol–water partition coefficient (Wildman–Crippen LogP) is 2.78. The van der Waals surface area contributed by atoms with Crippen LogP contribution in [0.1, 0.15) is 28.4 Å². The first-order valence-corrected chi connectivity index (χ1v) is 6.61. The van der Waals surface area contributed by atoms with Gasteiger partial charge in [-0.3, -0.25) is 4.79 Å². The number of halogens is 2. The lowest BCUT2D eigenvalue weighted by Gasteiger charge is -2.12. The van der Waals surface area contributed by atoms with E-state index in [2.05, 4.69) is 5.32 Å². The summed E-state index contributed by atoms with van der Waals surface area (Å²) in [6.07, 6.45) is 0.555. The summed E-state index contributed by atoms with van der Waals surface area (Å²) in [6, 6.07) is 12.4. The van der Waals surface area contributed by atoms with Crippen molar-refractivity contribution in [2.45, 2.75) is 12.5 Å². The highest BCUT2D eigenvalue weighted by molar-refractivity contribution is 5.94. The monoisotopic (exact) mass is 290 g/mol. The SMILES string of the molecule is NC(CCNC(=O)c1ccc(F)c(F)c1)c1ccccc1. The average molecular weight is 290 g/mol. The summed E-state index contributed by atoms with van der Waals surface area (Å²) in [4.78, 5) is 11.8. The average Bonchev–Trinajstić information content (AvgIpc) is 2.50. The number of rotatable bonds is 5. The van der Waals surface area contributed by atoms with Gasteiger partial charge in [0.15, 0.2) is 11.6 Å². The molecule has 0 bridgehead atoms. The van der Waals surface area contributed by atoms with Gasteiger partial charge in [0, 0.05) is 18.2 Å². The van der Waals surface area contributed by atoms with Gasteiger partial charge in [0.1, 0.15) is 0 Å². The van der Waals surface area contributed by atoms with E-state index in [1.807, 2.05) is 30.3 Å². The lowest BCUT2D eigenvalue weighted by Crippen LogP contribution is -2.27. The van der Waals surface area contributed by atoms with Gasteiger partial charge < -0.3 is 11.1 Å². The third kappa shape index (κ3) is 4.10. The predicted molar refractivity (Wildman–Crippen MR) is 76.7 cm³/mol. The van der Waals surface area contributed by atoms with Crippen LogP contribution in [-0.4, -0.2) is 12.5 Å². The molecule has 3 nitrogen and oxygen atoms in total. The first-order chi connectivity index (χ1) is 10.1. The topological polar surface area (TPSA) is 55.1 Å². The Labute approximate surface area is 121 Å². The molecule has 0 fully saturated rings. The van der Waals surface area contributed by atoms with Crippen LogP contribution in [0, 0.1) is 11.6 Å². The van der Waals surface area contributed by atoms with E-state index >= 15 is 0 Å². The van der Waals surface area contributed by atoms with Crippen LogP contribution < -0.4 is 11.1 Å². The largest absolute Gasteiger partial charge is 0.352 e. The van der Waals surface area contributed by atoms with Crippen LogP contribution in [0.3, 0.4) is 0 Å². The number of hydrogen-bond acceptors (Lipinski definition) is 2. The molecule has 5 heteroatoms. The highest BCUT2D eigenvalue weighted by Gasteiger charge is 2.10. The summed E-state index contributed by atoms with van der Waals surface area (Å²) in [5, 5.41) is 2.64. The van der Waals surface area contributed by atoms with Gasteiger partial charge in [0.25, 0.3) is 5.91 Å². The highest BCUT2D eigenvalue weighted by Crippen LogP contribution is 2.13. The van der Waals surface area contributed by atoms with Crippen molar-refractivity contribution >= 4 is 5.91 Å². The third-order valence-electron chi connectivity index (χ3n) is 3.15. The number of carbonyl (C=O) groups is 1. The van der Waals surface area contributed by atoms with E-state index in [-0.39, 0.29) is 11.6 Å². The molecule has 0 saturated carbocycles. The second kappa shape index (κ2) is 6.95. The van der Waals surface area contributed by atoms with Crippen molar-refractivity contribution in [2.24, 2.45) is 5.73 Å². The Hall–Kier alpha value is -2.27. The Morgan fingerprint density at radius 1 is 1.10 bits per heavy atom. The molecular formula is C16H16F2N2O. The molecule has 1 atom stereocenters. The van der Waals surface area contributed by atoms with Crippen molar-refractivity contribution in [3.63, 3.8) is 0 Å². The smallest absolute Gasteiger partial charge is 0.251 e. The highest BCUT2D eigenvalue weighted by atomic mass is 19.2. The summed E-state index contributed by atoms with van der Waals surface area (Å²) in [5.74, 6) is -2.46. The minimum absolute atomic E-state index is 0.0854. The van der Waals surface area contributed by atoms with E-state index in [0.717, 1.165) is 17.7 Å². The van der Waals surface area contributed by atoms with Gasteiger partial charge in [-0.15, -0.1) is 0 Å². The number of nitrogens with two attached hydrogens (primary N) is 1. The van der Waals surface area contributed by atoms with Crippen LogP contribution >= 0.6 is 0 Å². The van der Waals surface area contributed by atoms with Gasteiger partial charge >= 0.3 is 0 Å². The maximum absolute atomic E-state index is 13.0. The van der Waals surface area contributed by atoms with Crippen LogP contribution in [0.15, 0.2) is 48.5 Å². The minimum Gasteiger partial charge on any atom is -0.352 e. The maximum Gasteiger partial charge on any atom is 0.251 e. The van der Waals surface area contributed by atoms with Crippen LogP contribution in [0.2, 0.25) is 0 Å². The molecule has 1 unspecified atom stereocenters. The first kappa shape index (κ1) is 15.1. The number of nitrogens with one attached hydrogen (secondary N) is 1. The molecule has 3 N–H and O–H groups in total. The molecule has 0 aliphatic heterocycles. The molecule has 1 amide bonds. The standard InChI is InChI=1S/C16H16F2N2O/c17-13-7-6-12(10-14(13)18)16(21)20-9-8-15(19)11-4-2-1-3-5-11/h1-7,10,15H,8-9,19H2,(H,20,21). The molecule has 0 saturated heterocycles. The summed E-state index contributed by atoms with van der Waals surface area (Å²) in [5.41, 5.74) is 7.07. The Morgan fingerprint density at radius 3 is 2.48 bits per heavy atom. The van der Waals surface area contributed by atoms with E-state index in [0.29, 0.717) is 13.0 Å². The van der Waals surface area contributed by atoms with Gasteiger partial charge in [0.2, 0.25) is 0 Å². The van der Waals surface area contributed by atoms with E-state index in [4.69, 9.17) is 5.73 Å². The number of benzene rings is 2. The fourth-order valence-corrected chi connectivity index (χ4v) is 1.95. The van der Waals surface area contributed by atoms with Gasteiger partial charge in [-0.25, -0.2) is 8.78 Å². The molecule has 0 aromatic heterocycles. The molecule has 2 aromatic rings. The quantitative estimate of drug-likeness (QED) is 0.889. The van der Waals surface area contributed by atoms with Crippen LogP contribution in [0.4, 0.5) is 8.78 Å². The van der Waals surface area contributed by atoms with E-state index in [1.165, 1.54) is 6.07 Å². The molecule has 0 radical (unpaired) electrons. The minimum atomic E-state index is -1.04. The molecular weight excluding hydrogens is 274 g/mol. The lowest BCUT2D eigenvalue weighted by molar-refractivity contribution is 0.0952. The zero-order valence-electron chi connectivity index (χ0n) is 11.4. The summed E-state index contributed by atoms with van der Waals surface area (Å²) in [7, 11) is 0. The molecule has 0 aliphatic carbocycles. The van der Waals surface area contributed by atoms with Crippen molar-refractivity contribution in [3.8, 4) is 0 Å². The van der Waals surface area contributed by atoms with Crippen molar-refractivity contribution in [1.82, 2.24) is 5.32 Å². The van der Waals surface area contributed by atoms with E-state index in [9.17, 15) is 13.6 Å². The molecule has 21 heavy (non-hydrogen) atoms. The van der Waals surface area contributed by atoms with Crippen LogP contribution in [0.5, 0.6) is 0 Å². The molecule has 110 valence electrons. The van der Waals surface area contributed by atoms with Gasteiger partial charge in [-0.05, 0) is 30.2 Å². The Morgan fingerprint density at radius 2 is 1.81 bits per heavy atom. The molecule has 2 aromatic carbocycles. The lowest BCUT2D eigenvalue weighted by atomic mass is 10.1.